The molecule has 3 aromatic rings. The number of piperazine rings is 1. The third-order valence-electron chi connectivity index (χ3n) is 7.29. The Morgan fingerprint density at radius 2 is 2.00 bits per heavy atom. The normalized spacial score (nSPS) is 22.0. The molecule has 5 rings (SSSR count). The number of H-pyrrole nitrogens is 1. The van der Waals surface area contributed by atoms with Crippen molar-refractivity contribution in [2.24, 2.45) is 0 Å². The average Bonchev–Trinajstić information content (AvgIpc) is 3.17. The number of methoxy groups -OCH3 is 1. The van der Waals surface area contributed by atoms with Gasteiger partial charge in [0, 0.05) is 29.6 Å². The van der Waals surface area contributed by atoms with Gasteiger partial charge in [-0.15, -0.1) is 0 Å². The first kappa shape index (κ1) is 23.2. The molecule has 1 aromatic heterocycles. The van der Waals surface area contributed by atoms with Gasteiger partial charge < -0.3 is 29.5 Å². The number of phenols is 1. The lowest BCUT2D eigenvalue weighted by Crippen LogP contribution is -2.69. The van der Waals surface area contributed by atoms with Gasteiger partial charge in [0.15, 0.2) is 0 Å². The standard InChI is InChI=1S/C27H32N4O4/c1-27-15-21-20-14-19(35-4)9-10-22(20)28-24(21)25(17-7-5-8-18(32)13-17)31(27)23(33)16-30(26(27)34)12-6-11-29(2)3/h5,7-10,13-14,25,28,32H,6,11-12,15-16H2,1-4H3/t25-,27+/m1/s1. The molecule has 35 heavy (non-hydrogen) atoms. The number of rotatable bonds is 6. The van der Waals surface area contributed by atoms with Crippen LogP contribution < -0.4 is 4.74 Å². The van der Waals surface area contributed by atoms with Crippen molar-refractivity contribution in [3.05, 3.63) is 59.3 Å². The Morgan fingerprint density at radius 3 is 2.71 bits per heavy atom. The molecule has 0 unspecified atom stereocenters. The second kappa shape index (κ2) is 8.61. The molecular formula is C27H32N4O4. The summed E-state index contributed by atoms with van der Waals surface area (Å²) in [5, 5.41) is 11.2. The Hall–Kier alpha value is -3.52. The van der Waals surface area contributed by atoms with Crippen LogP contribution in [0.4, 0.5) is 0 Å². The van der Waals surface area contributed by atoms with Crippen LogP contribution in [-0.2, 0) is 16.0 Å². The number of amides is 2. The fourth-order valence-electron chi connectivity index (χ4n) is 5.66. The summed E-state index contributed by atoms with van der Waals surface area (Å²) in [5.74, 6) is 0.725. The highest BCUT2D eigenvalue weighted by Crippen LogP contribution is 2.47. The summed E-state index contributed by atoms with van der Waals surface area (Å²) in [7, 11) is 5.63. The molecule has 0 aliphatic carbocycles. The fourth-order valence-corrected chi connectivity index (χ4v) is 5.66. The minimum Gasteiger partial charge on any atom is -0.508 e. The van der Waals surface area contributed by atoms with Crippen molar-refractivity contribution in [2.45, 2.75) is 31.3 Å². The number of carbonyl (C=O) groups is 2. The quantitative estimate of drug-likeness (QED) is 0.571. The van der Waals surface area contributed by atoms with Gasteiger partial charge in [-0.3, -0.25) is 9.59 Å². The van der Waals surface area contributed by atoms with Crippen LogP contribution in [0.1, 0.15) is 36.2 Å². The molecule has 2 aromatic carbocycles. The molecule has 0 radical (unpaired) electrons. The molecule has 2 amide bonds. The SMILES string of the molecule is COc1ccc2[nH]c3c(c2c1)C[C@@]1(C)C(=O)N(CCCN(C)C)CC(=O)N1[C@@H]3c1cccc(O)c1. The van der Waals surface area contributed by atoms with Gasteiger partial charge in [0.05, 0.1) is 19.7 Å². The maximum atomic E-state index is 14.0. The van der Waals surface area contributed by atoms with Crippen LogP contribution in [0, 0.1) is 0 Å². The predicted molar refractivity (Wildman–Crippen MR) is 134 cm³/mol. The van der Waals surface area contributed by atoms with Gasteiger partial charge in [0.25, 0.3) is 0 Å². The number of aromatic nitrogens is 1. The number of aromatic hydroxyl groups is 1. The van der Waals surface area contributed by atoms with Crippen molar-refractivity contribution in [3.8, 4) is 11.5 Å². The summed E-state index contributed by atoms with van der Waals surface area (Å²) in [5.41, 5.74) is 2.51. The number of ether oxygens (including phenoxy) is 1. The van der Waals surface area contributed by atoms with E-state index in [9.17, 15) is 14.7 Å². The number of hydrogen-bond acceptors (Lipinski definition) is 5. The van der Waals surface area contributed by atoms with Crippen molar-refractivity contribution in [1.82, 2.24) is 19.7 Å². The number of nitrogens with one attached hydrogen (secondary N) is 1. The van der Waals surface area contributed by atoms with E-state index >= 15 is 0 Å². The molecule has 2 aliphatic rings. The monoisotopic (exact) mass is 476 g/mol. The molecule has 184 valence electrons. The highest BCUT2D eigenvalue weighted by Gasteiger charge is 2.55. The molecule has 8 heteroatoms. The third-order valence-corrected chi connectivity index (χ3v) is 7.29. The molecule has 1 fully saturated rings. The molecule has 0 spiro atoms. The molecule has 3 heterocycles. The van der Waals surface area contributed by atoms with Gasteiger partial charge in [-0.2, -0.15) is 0 Å². The zero-order valence-electron chi connectivity index (χ0n) is 20.7. The molecule has 0 bridgehead atoms. The van der Waals surface area contributed by atoms with E-state index in [1.54, 1.807) is 35.1 Å². The Balaban J connectivity index is 1.66. The summed E-state index contributed by atoms with van der Waals surface area (Å²) >= 11 is 0. The number of carbonyl (C=O) groups excluding carboxylic acids is 2. The van der Waals surface area contributed by atoms with Gasteiger partial charge in [-0.25, -0.2) is 0 Å². The summed E-state index contributed by atoms with van der Waals surface area (Å²) in [4.78, 5) is 36.7. The van der Waals surface area contributed by atoms with E-state index in [1.165, 1.54) is 0 Å². The molecular weight excluding hydrogens is 444 g/mol. The van der Waals surface area contributed by atoms with Crippen LogP contribution in [0.2, 0.25) is 0 Å². The molecule has 2 atom stereocenters. The number of phenolic OH excluding ortho intramolecular Hbond substituents is 1. The summed E-state index contributed by atoms with van der Waals surface area (Å²) in [6.45, 7) is 3.32. The van der Waals surface area contributed by atoms with Gasteiger partial charge >= 0.3 is 0 Å². The lowest BCUT2D eigenvalue weighted by molar-refractivity contribution is -0.167. The van der Waals surface area contributed by atoms with Gasteiger partial charge in [-0.05, 0) is 75.4 Å². The minimum absolute atomic E-state index is 0.0381. The number of benzene rings is 2. The topological polar surface area (TPSA) is 89.1 Å². The second-order valence-electron chi connectivity index (χ2n) is 10.0. The van der Waals surface area contributed by atoms with Crippen molar-refractivity contribution in [3.63, 3.8) is 0 Å². The average molecular weight is 477 g/mol. The number of nitrogens with zero attached hydrogens (tertiary/aromatic N) is 3. The largest absolute Gasteiger partial charge is 0.508 e. The lowest BCUT2D eigenvalue weighted by Gasteiger charge is -2.53. The van der Waals surface area contributed by atoms with Crippen molar-refractivity contribution in [1.29, 1.82) is 0 Å². The fraction of sp³-hybridized carbons (Fsp3) is 0.407. The molecule has 8 nitrogen and oxygen atoms in total. The maximum absolute atomic E-state index is 14.0. The van der Waals surface area contributed by atoms with E-state index < -0.39 is 11.6 Å². The summed E-state index contributed by atoms with van der Waals surface area (Å²) in [6, 6.07) is 12.3. The maximum Gasteiger partial charge on any atom is 0.249 e. The van der Waals surface area contributed by atoms with Crippen molar-refractivity contribution >= 4 is 22.7 Å². The Morgan fingerprint density at radius 1 is 1.20 bits per heavy atom. The number of hydrogen-bond donors (Lipinski definition) is 2. The van der Waals surface area contributed by atoms with E-state index in [0.717, 1.165) is 46.4 Å². The molecule has 2 aliphatic heterocycles. The highest BCUT2D eigenvalue weighted by atomic mass is 16.5. The van der Waals surface area contributed by atoms with E-state index in [4.69, 9.17) is 4.74 Å². The third kappa shape index (κ3) is 3.82. The summed E-state index contributed by atoms with van der Waals surface area (Å²) in [6.07, 6.45) is 1.20. The first-order valence-corrected chi connectivity index (χ1v) is 12.0. The second-order valence-corrected chi connectivity index (χ2v) is 10.0. The van der Waals surface area contributed by atoms with Gasteiger partial charge in [0.2, 0.25) is 11.8 Å². The molecule has 0 saturated carbocycles. The highest BCUT2D eigenvalue weighted by molar-refractivity contribution is 6.00. The van der Waals surface area contributed by atoms with Crippen molar-refractivity contribution < 1.29 is 19.4 Å². The van der Waals surface area contributed by atoms with E-state index in [0.29, 0.717) is 13.0 Å². The zero-order valence-corrected chi connectivity index (χ0v) is 20.7. The van der Waals surface area contributed by atoms with E-state index in [1.807, 2.05) is 45.3 Å². The predicted octanol–water partition coefficient (Wildman–Crippen LogP) is 2.91. The first-order chi connectivity index (χ1) is 16.7. The van der Waals surface area contributed by atoms with Gasteiger partial charge in [0.1, 0.15) is 17.0 Å². The number of aromatic amines is 1. The van der Waals surface area contributed by atoms with E-state index in [2.05, 4.69) is 9.88 Å². The smallest absolute Gasteiger partial charge is 0.249 e. The van der Waals surface area contributed by atoms with Crippen LogP contribution in [-0.4, -0.2) is 83.0 Å². The Kier molecular flexibility index (Phi) is 5.71. The Labute approximate surface area is 205 Å². The Bertz CT molecular complexity index is 1300. The zero-order chi connectivity index (χ0) is 24.9. The molecule has 1 saturated heterocycles. The van der Waals surface area contributed by atoms with Crippen LogP contribution in [0.25, 0.3) is 10.9 Å². The van der Waals surface area contributed by atoms with Gasteiger partial charge in [-0.1, -0.05) is 12.1 Å². The molecule has 2 N–H and O–H groups in total. The van der Waals surface area contributed by atoms with Crippen LogP contribution in [0.3, 0.4) is 0 Å². The van der Waals surface area contributed by atoms with Crippen LogP contribution >= 0.6 is 0 Å². The van der Waals surface area contributed by atoms with E-state index in [-0.39, 0.29) is 24.1 Å². The lowest BCUT2D eigenvalue weighted by atomic mass is 9.78. The minimum atomic E-state index is -1.05. The first-order valence-electron chi connectivity index (χ1n) is 12.0. The van der Waals surface area contributed by atoms with Crippen LogP contribution in [0.15, 0.2) is 42.5 Å². The van der Waals surface area contributed by atoms with Crippen LogP contribution in [0.5, 0.6) is 11.5 Å². The number of fused-ring (bicyclic) bond motifs is 4. The summed E-state index contributed by atoms with van der Waals surface area (Å²) < 4.78 is 5.47. The van der Waals surface area contributed by atoms with Crippen molar-refractivity contribution in [2.75, 3.05) is 40.8 Å².